The number of nitrogens with one attached hydrogen (secondary N) is 1. The number of hydrogen-bond acceptors (Lipinski definition) is 5. The summed E-state index contributed by atoms with van der Waals surface area (Å²) < 4.78 is 10.9. The smallest absolute Gasteiger partial charge is 0.193 e. The number of nitrogens with zero attached hydrogens (tertiary/aromatic N) is 4. The van der Waals surface area contributed by atoms with Crippen molar-refractivity contribution in [2.24, 2.45) is 10.9 Å². The predicted molar refractivity (Wildman–Crippen MR) is 120 cm³/mol. The van der Waals surface area contributed by atoms with Crippen molar-refractivity contribution in [2.45, 2.75) is 26.3 Å². The minimum atomic E-state index is 0. The molecule has 0 radical (unpaired) electrons. The summed E-state index contributed by atoms with van der Waals surface area (Å²) in [5.41, 5.74) is 0. The third kappa shape index (κ3) is 7.30. The number of aliphatic imine (C=N–C) groups is 1. The molecule has 3 aliphatic heterocycles. The number of likely N-dealkylation sites (tertiary alicyclic amines) is 1. The van der Waals surface area contributed by atoms with E-state index in [2.05, 4.69) is 33.9 Å². The maximum Gasteiger partial charge on any atom is 0.193 e. The van der Waals surface area contributed by atoms with Crippen molar-refractivity contribution in [2.75, 3.05) is 85.3 Å². The SMILES string of the molecule is CCNC(=NCC(C)CN1CCOCC1)N1CCC(N2CCOCC2)C1.I. The fraction of sp³-hybridized carbons (Fsp3) is 0.947. The summed E-state index contributed by atoms with van der Waals surface area (Å²) >= 11 is 0. The van der Waals surface area contributed by atoms with Crippen LogP contribution in [0.4, 0.5) is 0 Å². The molecule has 7 nitrogen and oxygen atoms in total. The van der Waals surface area contributed by atoms with E-state index in [-0.39, 0.29) is 24.0 Å². The molecule has 3 saturated heterocycles. The van der Waals surface area contributed by atoms with Gasteiger partial charge in [0.05, 0.1) is 26.4 Å². The first-order valence-corrected chi connectivity index (χ1v) is 10.4. The van der Waals surface area contributed by atoms with Crippen molar-refractivity contribution in [1.82, 2.24) is 20.0 Å². The molecule has 0 aromatic carbocycles. The summed E-state index contributed by atoms with van der Waals surface area (Å²) in [5, 5.41) is 3.51. The molecule has 0 amide bonds. The Morgan fingerprint density at radius 1 is 1.07 bits per heavy atom. The first-order valence-electron chi connectivity index (χ1n) is 10.4. The van der Waals surface area contributed by atoms with Gasteiger partial charge >= 0.3 is 0 Å². The highest BCUT2D eigenvalue weighted by molar-refractivity contribution is 14.0. The summed E-state index contributed by atoms with van der Waals surface area (Å²) in [6.45, 7) is 17.3. The predicted octanol–water partition coefficient (Wildman–Crippen LogP) is 0.945. The average molecular weight is 495 g/mol. The van der Waals surface area contributed by atoms with Gasteiger partial charge in [-0.15, -0.1) is 24.0 Å². The number of hydrogen-bond donors (Lipinski definition) is 1. The van der Waals surface area contributed by atoms with Crippen LogP contribution in [-0.4, -0.2) is 112 Å². The first-order chi connectivity index (χ1) is 12.8. The Morgan fingerprint density at radius 3 is 2.41 bits per heavy atom. The Hall–Kier alpha value is -0.160. The van der Waals surface area contributed by atoms with E-state index in [9.17, 15) is 0 Å². The lowest BCUT2D eigenvalue weighted by molar-refractivity contribution is 0.0194. The lowest BCUT2D eigenvalue weighted by Gasteiger charge is -2.32. The first kappa shape index (κ1) is 23.1. The van der Waals surface area contributed by atoms with Gasteiger partial charge in [-0.05, 0) is 19.3 Å². The molecular weight excluding hydrogens is 457 g/mol. The lowest BCUT2D eigenvalue weighted by atomic mass is 10.1. The molecule has 1 N–H and O–H groups in total. The highest BCUT2D eigenvalue weighted by atomic mass is 127. The van der Waals surface area contributed by atoms with Crippen LogP contribution in [0.25, 0.3) is 0 Å². The van der Waals surface area contributed by atoms with Crippen LogP contribution in [0, 0.1) is 5.92 Å². The molecule has 2 unspecified atom stereocenters. The number of halogens is 1. The Bertz CT molecular complexity index is 442. The second-order valence-corrected chi connectivity index (χ2v) is 7.75. The van der Waals surface area contributed by atoms with Crippen LogP contribution in [0.5, 0.6) is 0 Å². The molecule has 2 atom stereocenters. The van der Waals surface area contributed by atoms with Crippen LogP contribution >= 0.6 is 24.0 Å². The number of ether oxygens (including phenoxy) is 2. The van der Waals surface area contributed by atoms with Crippen molar-refractivity contribution in [3.05, 3.63) is 0 Å². The molecule has 3 aliphatic rings. The van der Waals surface area contributed by atoms with Gasteiger partial charge in [0.25, 0.3) is 0 Å². The largest absolute Gasteiger partial charge is 0.379 e. The quantitative estimate of drug-likeness (QED) is 0.337. The summed E-state index contributed by atoms with van der Waals surface area (Å²) in [4.78, 5) is 12.5. The molecule has 0 bridgehead atoms. The van der Waals surface area contributed by atoms with Crippen molar-refractivity contribution < 1.29 is 9.47 Å². The molecule has 3 fully saturated rings. The molecule has 158 valence electrons. The van der Waals surface area contributed by atoms with Crippen molar-refractivity contribution >= 4 is 29.9 Å². The highest BCUT2D eigenvalue weighted by Crippen LogP contribution is 2.17. The van der Waals surface area contributed by atoms with Crippen molar-refractivity contribution in [1.29, 1.82) is 0 Å². The molecule has 27 heavy (non-hydrogen) atoms. The molecule has 0 saturated carbocycles. The minimum absolute atomic E-state index is 0. The molecular formula is C19H38IN5O2. The third-order valence-corrected chi connectivity index (χ3v) is 5.59. The summed E-state index contributed by atoms with van der Waals surface area (Å²) in [6.07, 6.45) is 1.23. The lowest BCUT2D eigenvalue weighted by Crippen LogP contribution is -2.46. The van der Waals surface area contributed by atoms with Gasteiger partial charge in [-0.3, -0.25) is 14.8 Å². The zero-order chi connectivity index (χ0) is 18.2. The van der Waals surface area contributed by atoms with Gasteiger partial charge < -0.3 is 19.7 Å². The fourth-order valence-corrected chi connectivity index (χ4v) is 4.13. The number of rotatable bonds is 6. The number of guanidine groups is 1. The molecule has 3 rings (SSSR count). The molecule has 0 spiro atoms. The summed E-state index contributed by atoms with van der Waals surface area (Å²) in [6, 6.07) is 0.647. The van der Waals surface area contributed by atoms with Gasteiger partial charge in [0.15, 0.2) is 5.96 Å². The minimum Gasteiger partial charge on any atom is -0.379 e. The molecule has 3 heterocycles. The van der Waals surface area contributed by atoms with E-state index >= 15 is 0 Å². The van der Waals surface area contributed by atoms with E-state index in [0.717, 1.165) is 91.3 Å². The van der Waals surface area contributed by atoms with Crippen LogP contribution in [-0.2, 0) is 9.47 Å². The monoisotopic (exact) mass is 495 g/mol. The van der Waals surface area contributed by atoms with E-state index in [1.54, 1.807) is 0 Å². The van der Waals surface area contributed by atoms with Gasteiger partial charge in [0.1, 0.15) is 0 Å². The van der Waals surface area contributed by atoms with E-state index in [1.807, 2.05) is 0 Å². The second kappa shape index (κ2) is 12.4. The molecule has 0 aliphatic carbocycles. The molecule has 0 aromatic heterocycles. The fourth-order valence-electron chi connectivity index (χ4n) is 4.13. The van der Waals surface area contributed by atoms with Crippen LogP contribution < -0.4 is 5.32 Å². The van der Waals surface area contributed by atoms with Crippen molar-refractivity contribution in [3.8, 4) is 0 Å². The summed E-state index contributed by atoms with van der Waals surface area (Å²) in [7, 11) is 0. The van der Waals surface area contributed by atoms with Crippen molar-refractivity contribution in [3.63, 3.8) is 0 Å². The van der Waals surface area contributed by atoms with E-state index < -0.39 is 0 Å². The van der Waals surface area contributed by atoms with Gasteiger partial charge in [-0.25, -0.2) is 0 Å². The highest BCUT2D eigenvalue weighted by Gasteiger charge is 2.30. The van der Waals surface area contributed by atoms with Crippen LogP contribution in [0.2, 0.25) is 0 Å². The number of morpholine rings is 2. The van der Waals surface area contributed by atoms with E-state index in [0.29, 0.717) is 12.0 Å². The molecule has 8 heteroatoms. The maximum atomic E-state index is 5.50. The van der Waals surface area contributed by atoms with Gasteiger partial charge in [0, 0.05) is 64.9 Å². The van der Waals surface area contributed by atoms with Gasteiger partial charge in [0.2, 0.25) is 0 Å². The normalized spacial score (nSPS) is 26.7. The summed E-state index contributed by atoms with van der Waals surface area (Å²) in [5.74, 6) is 1.66. The van der Waals surface area contributed by atoms with Crippen LogP contribution in [0.1, 0.15) is 20.3 Å². The Morgan fingerprint density at radius 2 is 1.74 bits per heavy atom. The van der Waals surface area contributed by atoms with Crippen LogP contribution in [0.3, 0.4) is 0 Å². The van der Waals surface area contributed by atoms with Crippen LogP contribution in [0.15, 0.2) is 4.99 Å². The molecule has 0 aromatic rings. The Labute approximate surface area is 181 Å². The van der Waals surface area contributed by atoms with E-state index in [4.69, 9.17) is 14.5 Å². The topological polar surface area (TPSA) is 52.6 Å². The standard InChI is InChI=1S/C19H37N5O2.HI/c1-3-20-19(21-14-17(2)15-22-6-10-25-11-7-22)24-5-4-18(16-24)23-8-12-26-13-9-23;/h17-18H,3-16H2,1-2H3,(H,20,21);1H. The Balaban J connectivity index is 0.00000261. The van der Waals surface area contributed by atoms with Gasteiger partial charge in [-0.1, -0.05) is 6.92 Å². The maximum absolute atomic E-state index is 5.50. The Kier molecular flexibility index (Phi) is 10.6. The third-order valence-electron chi connectivity index (χ3n) is 5.59. The zero-order valence-corrected chi connectivity index (χ0v) is 19.4. The van der Waals surface area contributed by atoms with E-state index in [1.165, 1.54) is 6.42 Å². The second-order valence-electron chi connectivity index (χ2n) is 7.75. The zero-order valence-electron chi connectivity index (χ0n) is 17.1. The van der Waals surface area contributed by atoms with Gasteiger partial charge in [-0.2, -0.15) is 0 Å². The average Bonchev–Trinajstić information content (AvgIpc) is 3.17.